The highest BCUT2D eigenvalue weighted by molar-refractivity contribution is 6.21. The van der Waals surface area contributed by atoms with Gasteiger partial charge in [-0.1, -0.05) is 30.3 Å². The second-order valence-corrected chi connectivity index (χ2v) is 6.08. The first-order chi connectivity index (χ1) is 12.5. The molecule has 0 spiro atoms. The molecule has 0 saturated heterocycles. The lowest BCUT2D eigenvalue weighted by molar-refractivity contribution is 0.0847. The third kappa shape index (κ3) is 3.11. The number of nitriles is 2. The van der Waals surface area contributed by atoms with Gasteiger partial charge in [0.25, 0.3) is 0 Å². The summed E-state index contributed by atoms with van der Waals surface area (Å²) in [4.78, 5) is 28.6. The standard InChI is InChI=1S/C21H15N3O2/c1-13-5-6-16-18(12-24-19(16)9-13)21(26)17(11-23)20(25)15-4-2-3-14(10-15)7-8-22/h2-6,9-10,12,17,24H,7H2,1H3/t17-/m1/s1. The maximum atomic E-state index is 12.8. The molecule has 0 unspecified atom stereocenters. The van der Waals surface area contributed by atoms with E-state index in [-0.39, 0.29) is 12.0 Å². The number of H-pyrrole nitrogens is 1. The van der Waals surface area contributed by atoms with Gasteiger partial charge in [-0.2, -0.15) is 10.5 Å². The maximum Gasteiger partial charge on any atom is 0.190 e. The number of ketones is 2. The second-order valence-electron chi connectivity index (χ2n) is 6.08. The molecule has 0 saturated carbocycles. The average molecular weight is 341 g/mol. The number of carbonyl (C=O) groups excluding carboxylic acids is 2. The molecule has 1 heterocycles. The SMILES string of the molecule is Cc1ccc2c(C(=O)[C@H](C#N)C(=O)c3cccc(CC#N)c3)c[nH]c2c1. The summed E-state index contributed by atoms with van der Waals surface area (Å²) in [6, 6.07) is 15.9. The summed E-state index contributed by atoms with van der Waals surface area (Å²) < 4.78 is 0. The fraction of sp³-hybridized carbons (Fsp3) is 0.143. The Balaban J connectivity index is 1.96. The number of carbonyl (C=O) groups is 2. The maximum absolute atomic E-state index is 12.8. The Morgan fingerprint density at radius 1 is 1.12 bits per heavy atom. The van der Waals surface area contributed by atoms with Gasteiger partial charge in [-0.05, 0) is 30.2 Å². The lowest BCUT2D eigenvalue weighted by atomic mass is 9.90. The zero-order valence-corrected chi connectivity index (χ0v) is 14.1. The molecule has 3 aromatic rings. The van der Waals surface area contributed by atoms with Gasteiger partial charge in [0.2, 0.25) is 0 Å². The molecule has 0 aliphatic rings. The number of hydrogen-bond acceptors (Lipinski definition) is 4. The first-order valence-corrected chi connectivity index (χ1v) is 8.07. The van der Waals surface area contributed by atoms with Crippen LogP contribution >= 0.6 is 0 Å². The number of nitrogens with one attached hydrogen (secondary N) is 1. The molecule has 26 heavy (non-hydrogen) atoms. The molecule has 1 atom stereocenters. The monoisotopic (exact) mass is 341 g/mol. The Labute approximate surface area is 150 Å². The topological polar surface area (TPSA) is 97.5 Å². The lowest BCUT2D eigenvalue weighted by Crippen LogP contribution is -2.23. The molecule has 2 aromatic carbocycles. The first kappa shape index (κ1) is 17.1. The van der Waals surface area contributed by atoms with E-state index < -0.39 is 17.5 Å². The van der Waals surface area contributed by atoms with Crippen molar-refractivity contribution >= 4 is 22.5 Å². The Morgan fingerprint density at radius 2 is 1.92 bits per heavy atom. The average Bonchev–Trinajstić information content (AvgIpc) is 3.05. The Morgan fingerprint density at radius 3 is 2.65 bits per heavy atom. The second kappa shape index (κ2) is 7.04. The summed E-state index contributed by atoms with van der Waals surface area (Å²) in [5.74, 6) is -2.51. The van der Waals surface area contributed by atoms with Gasteiger partial charge in [-0.15, -0.1) is 0 Å². The largest absolute Gasteiger partial charge is 0.360 e. The molecule has 5 nitrogen and oxygen atoms in total. The van der Waals surface area contributed by atoms with Crippen LogP contribution in [0, 0.1) is 35.5 Å². The number of Topliss-reactive ketones (excluding diaryl/α,β-unsaturated/α-hetero) is 2. The van der Waals surface area contributed by atoms with E-state index in [9.17, 15) is 14.9 Å². The van der Waals surface area contributed by atoms with E-state index in [0.717, 1.165) is 11.1 Å². The van der Waals surface area contributed by atoms with Crippen molar-refractivity contribution in [3.63, 3.8) is 0 Å². The Kier molecular flexibility index (Phi) is 4.64. The zero-order valence-electron chi connectivity index (χ0n) is 14.1. The van der Waals surface area contributed by atoms with Crippen LogP contribution < -0.4 is 0 Å². The number of hydrogen-bond donors (Lipinski definition) is 1. The van der Waals surface area contributed by atoms with Gasteiger partial charge in [0.15, 0.2) is 17.5 Å². The minimum absolute atomic E-state index is 0.161. The van der Waals surface area contributed by atoms with Crippen molar-refractivity contribution in [2.24, 2.45) is 5.92 Å². The molecule has 0 aliphatic heterocycles. The van der Waals surface area contributed by atoms with E-state index >= 15 is 0 Å². The minimum Gasteiger partial charge on any atom is -0.360 e. The van der Waals surface area contributed by atoms with Crippen LogP contribution in [0.3, 0.4) is 0 Å². The number of nitrogens with zero attached hydrogens (tertiary/aromatic N) is 2. The summed E-state index contributed by atoms with van der Waals surface area (Å²) in [7, 11) is 0. The molecule has 0 bridgehead atoms. The molecule has 0 radical (unpaired) electrons. The van der Waals surface area contributed by atoms with Crippen LogP contribution in [0.15, 0.2) is 48.7 Å². The smallest absolute Gasteiger partial charge is 0.190 e. The lowest BCUT2D eigenvalue weighted by Gasteiger charge is -2.08. The first-order valence-electron chi connectivity index (χ1n) is 8.07. The fourth-order valence-electron chi connectivity index (χ4n) is 2.93. The van der Waals surface area contributed by atoms with E-state index in [0.29, 0.717) is 16.5 Å². The van der Waals surface area contributed by atoms with Gasteiger partial charge in [0.05, 0.1) is 18.6 Å². The van der Waals surface area contributed by atoms with Crippen molar-refractivity contribution in [2.45, 2.75) is 13.3 Å². The summed E-state index contributed by atoms with van der Waals surface area (Å²) >= 11 is 0. The third-order valence-corrected chi connectivity index (χ3v) is 4.25. The van der Waals surface area contributed by atoms with E-state index in [1.54, 1.807) is 30.3 Å². The van der Waals surface area contributed by atoms with Gasteiger partial charge < -0.3 is 4.98 Å². The minimum atomic E-state index is -1.42. The van der Waals surface area contributed by atoms with Crippen molar-refractivity contribution in [1.82, 2.24) is 4.98 Å². The third-order valence-electron chi connectivity index (χ3n) is 4.25. The van der Waals surface area contributed by atoms with Crippen LogP contribution in [0.5, 0.6) is 0 Å². The predicted octanol–water partition coefficient (Wildman–Crippen LogP) is 3.75. The normalized spacial score (nSPS) is 11.5. The van der Waals surface area contributed by atoms with E-state index in [2.05, 4.69) is 4.98 Å². The van der Waals surface area contributed by atoms with Crippen LogP contribution in [0.25, 0.3) is 10.9 Å². The highest BCUT2D eigenvalue weighted by atomic mass is 16.2. The molecule has 1 aromatic heterocycles. The van der Waals surface area contributed by atoms with Gasteiger partial charge in [0, 0.05) is 28.2 Å². The summed E-state index contributed by atoms with van der Waals surface area (Å²) in [5, 5.41) is 18.9. The highest BCUT2D eigenvalue weighted by Gasteiger charge is 2.30. The highest BCUT2D eigenvalue weighted by Crippen LogP contribution is 2.24. The number of aromatic amines is 1. The van der Waals surface area contributed by atoms with Gasteiger partial charge in [-0.25, -0.2) is 0 Å². The molecular weight excluding hydrogens is 326 g/mol. The molecule has 5 heteroatoms. The number of rotatable bonds is 5. The molecule has 1 N–H and O–H groups in total. The summed E-state index contributed by atoms with van der Waals surface area (Å²) in [6.07, 6.45) is 1.70. The molecule has 3 rings (SSSR count). The van der Waals surface area contributed by atoms with Gasteiger partial charge in [0.1, 0.15) is 0 Å². The molecule has 0 fully saturated rings. The van der Waals surface area contributed by atoms with Crippen LogP contribution in [0.2, 0.25) is 0 Å². The van der Waals surface area contributed by atoms with Crippen molar-refractivity contribution in [1.29, 1.82) is 10.5 Å². The molecule has 0 amide bonds. The molecule has 126 valence electrons. The van der Waals surface area contributed by atoms with E-state index in [4.69, 9.17) is 5.26 Å². The van der Waals surface area contributed by atoms with Crippen molar-refractivity contribution in [3.8, 4) is 12.1 Å². The number of fused-ring (bicyclic) bond motifs is 1. The number of aryl methyl sites for hydroxylation is 1. The molecular formula is C21H15N3O2. The van der Waals surface area contributed by atoms with Crippen molar-refractivity contribution in [2.75, 3.05) is 0 Å². The Bertz CT molecular complexity index is 1100. The summed E-state index contributed by atoms with van der Waals surface area (Å²) in [6.45, 7) is 1.94. The van der Waals surface area contributed by atoms with Crippen LogP contribution in [0.4, 0.5) is 0 Å². The van der Waals surface area contributed by atoms with E-state index in [1.165, 1.54) is 6.20 Å². The quantitative estimate of drug-likeness (QED) is 0.564. The zero-order chi connectivity index (χ0) is 18.7. The van der Waals surface area contributed by atoms with Gasteiger partial charge >= 0.3 is 0 Å². The Hall–Kier alpha value is -3.70. The fourth-order valence-corrected chi connectivity index (χ4v) is 2.93. The van der Waals surface area contributed by atoms with E-state index in [1.807, 2.05) is 31.2 Å². The molecule has 0 aliphatic carbocycles. The van der Waals surface area contributed by atoms with Crippen LogP contribution in [0.1, 0.15) is 31.8 Å². The number of aromatic nitrogens is 1. The number of benzene rings is 2. The van der Waals surface area contributed by atoms with Gasteiger partial charge in [-0.3, -0.25) is 9.59 Å². The predicted molar refractivity (Wildman–Crippen MR) is 96.6 cm³/mol. The van der Waals surface area contributed by atoms with Crippen molar-refractivity contribution < 1.29 is 9.59 Å². The van der Waals surface area contributed by atoms with Crippen LogP contribution in [-0.4, -0.2) is 16.6 Å². The van der Waals surface area contributed by atoms with Crippen LogP contribution in [-0.2, 0) is 6.42 Å². The van der Waals surface area contributed by atoms with Crippen molar-refractivity contribution in [3.05, 3.63) is 70.9 Å². The summed E-state index contributed by atoms with van der Waals surface area (Å²) in [5.41, 5.74) is 3.08.